The molecule has 0 atom stereocenters. The summed E-state index contributed by atoms with van der Waals surface area (Å²) < 4.78 is 17.7. The third-order valence-electron chi connectivity index (χ3n) is 2.97. The Morgan fingerprint density at radius 2 is 1.90 bits per heavy atom. The summed E-state index contributed by atoms with van der Waals surface area (Å²) in [4.78, 5) is 11.8. The second-order valence-electron chi connectivity index (χ2n) is 4.31. The highest BCUT2D eigenvalue weighted by molar-refractivity contribution is 5.87. The number of carbonyl (C=O) groups excluding carboxylic acids is 1. The third-order valence-corrected chi connectivity index (χ3v) is 2.97. The van der Waals surface area contributed by atoms with Crippen LogP contribution in [0.15, 0.2) is 42.6 Å². The third kappa shape index (κ3) is 3.78. The second kappa shape index (κ2) is 7.38. The topological polar surface area (TPSA) is 49.7 Å². The van der Waals surface area contributed by atoms with Crippen LogP contribution in [0.2, 0.25) is 0 Å². The lowest BCUT2D eigenvalue weighted by molar-refractivity contribution is 0.0513. The van der Waals surface area contributed by atoms with E-state index in [1.807, 2.05) is 41.1 Å². The zero-order chi connectivity index (χ0) is 15.1. The summed E-state index contributed by atoms with van der Waals surface area (Å²) in [6, 6.07) is 11.0. The first kappa shape index (κ1) is 15.0. The fourth-order valence-corrected chi connectivity index (χ4v) is 1.99. The standard InChI is InChI=1S/C16H19NO4/c1-3-20-16(18)13-7-6-10-17(13)11-12-21-15-9-5-4-8-14(15)19-2/h4-10H,3,11-12H2,1-2H3. The molecule has 0 radical (unpaired) electrons. The number of aromatic nitrogens is 1. The number of para-hydroxylation sites is 2. The molecule has 0 saturated heterocycles. The summed E-state index contributed by atoms with van der Waals surface area (Å²) >= 11 is 0. The van der Waals surface area contributed by atoms with Crippen LogP contribution >= 0.6 is 0 Å². The fraction of sp³-hybridized carbons (Fsp3) is 0.312. The molecule has 0 aliphatic rings. The first-order valence-electron chi connectivity index (χ1n) is 6.84. The van der Waals surface area contributed by atoms with Gasteiger partial charge in [0.1, 0.15) is 12.3 Å². The molecule has 0 bridgehead atoms. The van der Waals surface area contributed by atoms with Crippen LogP contribution in [0.3, 0.4) is 0 Å². The Hall–Kier alpha value is -2.43. The van der Waals surface area contributed by atoms with Gasteiger partial charge in [0, 0.05) is 6.20 Å². The second-order valence-corrected chi connectivity index (χ2v) is 4.31. The number of ether oxygens (including phenoxy) is 3. The van der Waals surface area contributed by atoms with Crippen molar-refractivity contribution in [2.75, 3.05) is 20.3 Å². The fourth-order valence-electron chi connectivity index (χ4n) is 1.99. The van der Waals surface area contributed by atoms with Crippen molar-refractivity contribution >= 4 is 5.97 Å². The molecule has 1 aromatic carbocycles. The molecule has 2 aromatic rings. The van der Waals surface area contributed by atoms with Gasteiger partial charge in [-0.3, -0.25) is 0 Å². The zero-order valence-corrected chi connectivity index (χ0v) is 12.2. The van der Waals surface area contributed by atoms with Crippen LogP contribution in [-0.2, 0) is 11.3 Å². The summed E-state index contributed by atoms with van der Waals surface area (Å²) in [5, 5.41) is 0. The molecule has 0 fully saturated rings. The van der Waals surface area contributed by atoms with Crippen molar-refractivity contribution in [1.82, 2.24) is 4.57 Å². The zero-order valence-electron chi connectivity index (χ0n) is 12.2. The van der Waals surface area contributed by atoms with Gasteiger partial charge in [0.05, 0.1) is 20.3 Å². The van der Waals surface area contributed by atoms with Gasteiger partial charge in [0.25, 0.3) is 0 Å². The molecule has 112 valence electrons. The average molecular weight is 289 g/mol. The Morgan fingerprint density at radius 1 is 1.14 bits per heavy atom. The first-order valence-corrected chi connectivity index (χ1v) is 6.84. The number of rotatable bonds is 7. The Bertz CT molecular complexity index is 591. The van der Waals surface area contributed by atoms with Crippen molar-refractivity contribution in [2.45, 2.75) is 13.5 Å². The maximum atomic E-state index is 11.8. The number of carbonyl (C=O) groups is 1. The summed E-state index contributed by atoms with van der Waals surface area (Å²) in [5.74, 6) is 1.06. The largest absolute Gasteiger partial charge is 0.493 e. The summed E-state index contributed by atoms with van der Waals surface area (Å²) in [6.45, 7) is 3.14. The maximum Gasteiger partial charge on any atom is 0.354 e. The highest BCUT2D eigenvalue weighted by atomic mass is 16.5. The summed E-state index contributed by atoms with van der Waals surface area (Å²) in [7, 11) is 1.60. The molecule has 0 N–H and O–H groups in total. The van der Waals surface area contributed by atoms with Crippen molar-refractivity contribution < 1.29 is 19.0 Å². The lowest BCUT2D eigenvalue weighted by Gasteiger charge is -2.12. The molecule has 5 heteroatoms. The van der Waals surface area contributed by atoms with E-state index >= 15 is 0 Å². The molecule has 0 aliphatic heterocycles. The molecule has 0 spiro atoms. The lowest BCUT2D eigenvalue weighted by atomic mass is 10.3. The van der Waals surface area contributed by atoms with Crippen LogP contribution in [-0.4, -0.2) is 30.9 Å². The van der Waals surface area contributed by atoms with E-state index in [4.69, 9.17) is 14.2 Å². The van der Waals surface area contributed by atoms with Crippen molar-refractivity contribution in [3.63, 3.8) is 0 Å². The van der Waals surface area contributed by atoms with Gasteiger partial charge in [-0.1, -0.05) is 12.1 Å². The van der Waals surface area contributed by atoms with Crippen molar-refractivity contribution in [3.8, 4) is 11.5 Å². The number of hydrogen-bond donors (Lipinski definition) is 0. The summed E-state index contributed by atoms with van der Waals surface area (Å²) in [5.41, 5.74) is 0.528. The monoisotopic (exact) mass is 289 g/mol. The molecule has 0 saturated carbocycles. The van der Waals surface area contributed by atoms with Gasteiger partial charge in [0.15, 0.2) is 11.5 Å². The van der Waals surface area contributed by atoms with Gasteiger partial charge in [-0.2, -0.15) is 0 Å². The van der Waals surface area contributed by atoms with E-state index in [2.05, 4.69) is 0 Å². The van der Waals surface area contributed by atoms with Crippen molar-refractivity contribution in [3.05, 3.63) is 48.3 Å². The molecule has 0 unspecified atom stereocenters. The van der Waals surface area contributed by atoms with Gasteiger partial charge < -0.3 is 18.8 Å². The van der Waals surface area contributed by atoms with E-state index in [0.717, 1.165) is 0 Å². The molecule has 5 nitrogen and oxygen atoms in total. The average Bonchev–Trinajstić information content (AvgIpc) is 2.96. The van der Waals surface area contributed by atoms with Gasteiger partial charge in [-0.15, -0.1) is 0 Å². The Morgan fingerprint density at radius 3 is 2.62 bits per heavy atom. The van der Waals surface area contributed by atoms with E-state index in [1.165, 1.54) is 0 Å². The molecule has 1 aromatic heterocycles. The smallest absolute Gasteiger partial charge is 0.354 e. The number of nitrogens with zero attached hydrogens (tertiary/aromatic N) is 1. The maximum absolute atomic E-state index is 11.8. The van der Waals surface area contributed by atoms with Crippen LogP contribution in [0.1, 0.15) is 17.4 Å². The minimum Gasteiger partial charge on any atom is -0.493 e. The highest BCUT2D eigenvalue weighted by Crippen LogP contribution is 2.25. The van der Waals surface area contributed by atoms with Gasteiger partial charge in [-0.25, -0.2) is 4.79 Å². The van der Waals surface area contributed by atoms with Crippen LogP contribution in [0, 0.1) is 0 Å². The van der Waals surface area contributed by atoms with E-state index in [-0.39, 0.29) is 5.97 Å². The van der Waals surface area contributed by atoms with E-state index < -0.39 is 0 Å². The predicted molar refractivity (Wildman–Crippen MR) is 78.9 cm³/mol. The first-order chi connectivity index (χ1) is 10.3. The van der Waals surface area contributed by atoms with Crippen molar-refractivity contribution in [1.29, 1.82) is 0 Å². The van der Waals surface area contributed by atoms with Crippen LogP contribution in [0.5, 0.6) is 11.5 Å². The Labute approximate surface area is 124 Å². The summed E-state index contributed by atoms with van der Waals surface area (Å²) in [6.07, 6.45) is 1.83. The van der Waals surface area contributed by atoms with Crippen LogP contribution in [0.25, 0.3) is 0 Å². The minimum absolute atomic E-state index is 0.320. The van der Waals surface area contributed by atoms with Gasteiger partial charge >= 0.3 is 5.97 Å². The van der Waals surface area contributed by atoms with E-state index in [0.29, 0.717) is 37.0 Å². The van der Waals surface area contributed by atoms with E-state index in [9.17, 15) is 4.79 Å². The van der Waals surface area contributed by atoms with Crippen molar-refractivity contribution in [2.24, 2.45) is 0 Å². The SMILES string of the molecule is CCOC(=O)c1cccn1CCOc1ccccc1OC. The van der Waals surface area contributed by atoms with Crippen LogP contribution < -0.4 is 9.47 Å². The Balaban J connectivity index is 1.95. The number of esters is 1. The van der Waals surface area contributed by atoms with E-state index in [1.54, 1.807) is 20.1 Å². The Kier molecular flexibility index (Phi) is 5.26. The van der Waals surface area contributed by atoms with Crippen LogP contribution in [0.4, 0.5) is 0 Å². The number of benzene rings is 1. The molecule has 0 amide bonds. The molecule has 2 rings (SSSR count). The number of hydrogen-bond acceptors (Lipinski definition) is 4. The van der Waals surface area contributed by atoms with Gasteiger partial charge in [-0.05, 0) is 31.2 Å². The normalized spacial score (nSPS) is 10.2. The quantitative estimate of drug-likeness (QED) is 0.735. The predicted octanol–water partition coefficient (Wildman–Crippen LogP) is 2.75. The number of methoxy groups -OCH3 is 1. The molecule has 0 aliphatic carbocycles. The molecular weight excluding hydrogens is 270 g/mol. The highest BCUT2D eigenvalue weighted by Gasteiger charge is 2.11. The minimum atomic E-state index is -0.320. The lowest BCUT2D eigenvalue weighted by Crippen LogP contribution is -2.15. The molecule has 1 heterocycles. The molecular formula is C16H19NO4. The van der Waals surface area contributed by atoms with Gasteiger partial charge in [0.2, 0.25) is 0 Å². The molecule has 21 heavy (non-hydrogen) atoms.